The van der Waals surface area contributed by atoms with Crippen LogP contribution in [0.1, 0.15) is 87.2 Å². The lowest BCUT2D eigenvalue weighted by Gasteiger charge is -2.35. The van der Waals surface area contributed by atoms with Crippen molar-refractivity contribution in [2.75, 3.05) is 34.3 Å². The van der Waals surface area contributed by atoms with Gasteiger partial charge in [0.25, 0.3) is 11.8 Å². The van der Waals surface area contributed by atoms with E-state index in [9.17, 15) is 22.8 Å². The molecule has 12 heteroatoms. The van der Waals surface area contributed by atoms with Crippen LogP contribution in [0.25, 0.3) is 28.2 Å². The number of carbonyl (C=O) groups is 3. The van der Waals surface area contributed by atoms with Gasteiger partial charge < -0.3 is 23.8 Å². The predicted molar refractivity (Wildman–Crippen MR) is 203 cm³/mol. The Balaban J connectivity index is 1.55. The molecule has 278 valence electrons. The van der Waals surface area contributed by atoms with Gasteiger partial charge in [0.05, 0.1) is 36.8 Å². The highest BCUT2D eigenvalue weighted by atomic mass is 32.2. The fourth-order valence-electron chi connectivity index (χ4n) is 7.78. The molecule has 2 aliphatic heterocycles. The fraction of sp³-hybridized carbons (Fsp3) is 0.475. The number of fused-ring (bicyclic) bond motifs is 5. The van der Waals surface area contributed by atoms with E-state index in [2.05, 4.69) is 9.29 Å². The maximum Gasteiger partial charge on any atom is 0.264 e. The molecule has 2 atom stereocenters. The van der Waals surface area contributed by atoms with Crippen LogP contribution in [0.5, 0.6) is 5.75 Å². The number of hydrogen-bond donors (Lipinski definition) is 1. The maximum atomic E-state index is 14.8. The first-order valence-electron chi connectivity index (χ1n) is 18.2. The van der Waals surface area contributed by atoms with Gasteiger partial charge in [-0.05, 0) is 94.0 Å². The van der Waals surface area contributed by atoms with E-state index in [0.717, 1.165) is 53.5 Å². The van der Waals surface area contributed by atoms with Gasteiger partial charge in [0.2, 0.25) is 10.0 Å². The van der Waals surface area contributed by atoms with Crippen LogP contribution < -0.4 is 9.46 Å². The summed E-state index contributed by atoms with van der Waals surface area (Å²) in [6.07, 6.45) is 8.48. The number of amides is 2. The summed E-state index contributed by atoms with van der Waals surface area (Å²) in [4.78, 5) is 45.8. The summed E-state index contributed by atoms with van der Waals surface area (Å²) < 4.78 is 41.2. The first-order valence-corrected chi connectivity index (χ1v) is 19.7. The van der Waals surface area contributed by atoms with Gasteiger partial charge in [-0.1, -0.05) is 25.3 Å². The van der Waals surface area contributed by atoms with Gasteiger partial charge in [-0.25, -0.2) is 13.1 Å². The van der Waals surface area contributed by atoms with Crippen LogP contribution in [0.2, 0.25) is 0 Å². The van der Waals surface area contributed by atoms with E-state index >= 15 is 0 Å². The van der Waals surface area contributed by atoms with Gasteiger partial charge in [0.15, 0.2) is 5.78 Å². The van der Waals surface area contributed by atoms with E-state index in [1.165, 1.54) is 20.3 Å². The van der Waals surface area contributed by atoms with Crippen molar-refractivity contribution in [1.29, 1.82) is 0 Å². The quantitative estimate of drug-likeness (QED) is 0.164. The zero-order valence-corrected chi connectivity index (χ0v) is 32.0. The number of nitrogens with one attached hydrogen (secondary N) is 1. The standard InChI is InChI=1S/C40H50N4O7S/c1-24(2)52(48,49)41-39(46)28-13-15-33-35(19-28)44-22-30(38(45)34(23-42(5)6)40(47)43-20-25(3)51-26(4)21-43)17-29-18-31(50-7)14-16-32(29)37(44)36(33)27-11-9-8-10-12-27/h13-19,23-27H,8-12,20-22H2,1-7H3,(H,41,46)/b34-23+. The summed E-state index contributed by atoms with van der Waals surface area (Å²) in [5.41, 5.74) is 5.16. The number of benzene rings is 2. The minimum absolute atomic E-state index is 0.0494. The van der Waals surface area contributed by atoms with E-state index in [1.54, 1.807) is 49.3 Å². The monoisotopic (exact) mass is 730 g/mol. The van der Waals surface area contributed by atoms with Crippen LogP contribution in [-0.2, 0) is 30.9 Å². The van der Waals surface area contributed by atoms with Gasteiger partial charge in [-0.15, -0.1) is 0 Å². The summed E-state index contributed by atoms with van der Waals surface area (Å²) in [5, 5.41) is 0.169. The summed E-state index contributed by atoms with van der Waals surface area (Å²) in [5.74, 6) is -0.594. The van der Waals surface area contributed by atoms with Crippen molar-refractivity contribution in [1.82, 2.24) is 19.1 Å². The number of ketones is 1. The average Bonchev–Trinajstić information content (AvgIpc) is 3.31. The van der Waals surface area contributed by atoms with Crippen LogP contribution in [0.3, 0.4) is 0 Å². The topological polar surface area (TPSA) is 127 Å². The number of methoxy groups -OCH3 is 1. The Bertz CT molecular complexity index is 2060. The van der Waals surface area contributed by atoms with Crippen LogP contribution in [0.15, 0.2) is 53.7 Å². The molecule has 1 aliphatic carbocycles. The number of rotatable bonds is 9. The zero-order valence-electron chi connectivity index (χ0n) is 31.2. The molecular weight excluding hydrogens is 681 g/mol. The van der Waals surface area contributed by atoms with Crippen molar-refractivity contribution in [2.24, 2.45) is 0 Å². The predicted octanol–water partition coefficient (Wildman–Crippen LogP) is 5.88. The van der Waals surface area contributed by atoms with E-state index in [1.807, 2.05) is 44.2 Å². The number of aromatic nitrogens is 1. The third-order valence-corrected chi connectivity index (χ3v) is 12.0. The lowest BCUT2D eigenvalue weighted by molar-refractivity contribution is -0.140. The molecule has 1 N–H and O–H groups in total. The molecule has 1 aromatic heterocycles. The molecule has 11 nitrogen and oxygen atoms in total. The molecule has 1 saturated heterocycles. The summed E-state index contributed by atoms with van der Waals surface area (Å²) in [6.45, 7) is 7.73. The smallest absolute Gasteiger partial charge is 0.264 e. The lowest BCUT2D eigenvalue weighted by Crippen LogP contribution is -2.49. The highest BCUT2D eigenvalue weighted by Gasteiger charge is 2.35. The number of morpholine rings is 1. The van der Waals surface area contributed by atoms with Crippen molar-refractivity contribution >= 4 is 44.6 Å². The number of ether oxygens (including phenoxy) is 2. The number of hydrogen-bond acceptors (Lipinski definition) is 8. The Morgan fingerprint density at radius 1 is 1.00 bits per heavy atom. The van der Waals surface area contributed by atoms with Crippen molar-refractivity contribution in [3.8, 4) is 17.0 Å². The van der Waals surface area contributed by atoms with E-state index in [0.29, 0.717) is 29.9 Å². The SMILES string of the molecule is COc1ccc2c(c1)C=C(C(=O)/C(=C\N(C)C)C(=O)N1CC(C)OC(C)C1)Cn1c-2c(C2CCCCC2)c2ccc(C(=O)NS(=O)(=O)C(C)C)cc21. The second-order valence-electron chi connectivity index (χ2n) is 14.9. The van der Waals surface area contributed by atoms with Gasteiger partial charge in [0.1, 0.15) is 11.3 Å². The van der Waals surface area contributed by atoms with Gasteiger partial charge >= 0.3 is 0 Å². The van der Waals surface area contributed by atoms with E-state index < -0.39 is 27.0 Å². The molecule has 3 aromatic rings. The molecule has 2 amide bonds. The number of carbonyl (C=O) groups excluding carboxylic acids is 3. The molecule has 1 saturated carbocycles. The van der Waals surface area contributed by atoms with Gasteiger partial charge in [0, 0.05) is 61.0 Å². The highest BCUT2D eigenvalue weighted by Crippen LogP contribution is 2.47. The van der Waals surface area contributed by atoms with E-state index in [-0.39, 0.29) is 41.7 Å². The van der Waals surface area contributed by atoms with Crippen LogP contribution in [-0.4, -0.2) is 92.1 Å². The van der Waals surface area contributed by atoms with Gasteiger partial charge in [-0.3, -0.25) is 14.4 Å². The molecule has 52 heavy (non-hydrogen) atoms. The van der Waals surface area contributed by atoms with Crippen molar-refractivity contribution < 1.29 is 32.3 Å². The van der Waals surface area contributed by atoms with Crippen molar-refractivity contribution in [3.05, 3.63) is 70.4 Å². The van der Waals surface area contributed by atoms with Crippen molar-refractivity contribution in [3.63, 3.8) is 0 Å². The molecule has 2 unspecified atom stereocenters. The number of Topliss-reactive ketones (excluding diaryl/α,β-unsaturated/α-hetero) is 1. The Labute approximate surface area is 306 Å². The molecule has 2 fully saturated rings. The fourth-order valence-corrected chi connectivity index (χ4v) is 8.39. The minimum Gasteiger partial charge on any atom is -0.497 e. The summed E-state index contributed by atoms with van der Waals surface area (Å²) in [6, 6.07) is 11.1. The van der Waals surface area contributed by atoms with Crippen LogP contribution >= 0.6 is 0 Å². The lowest BCUT2D eigenvalue weighted by atomic mass is 9.81. The third kappa shape index (κ3) is 7.41. The van der Waals surface area contributed by atoms with Crippen LogP contribution in [0, 0.1) is 0 Å². The normalized spacial score (nSPS) is 19.8. The summed E-state index contributed by atoms with van der Waals surface area (Å²) >= 11 is 0. The number of nitrogens with zero attached hydrogens (tertiary/aromatic N) is 3. The third-order valence-electron chi connectivity index (χ3n) is 10.3. The van der Waals surface area contributed by atoms with Crippen molar-refractivity contribution in [2.45, 2.75) is 89.7 Å². The molecule has 0 spiro atoms. The molecule has 3 aliphatic rings. The Morgan fingerprint density at radius 3 is 2.33 bits per heavy atom. The zero-order chi connectivity index (χ0) is 37.5. The van der Waals surface area contributed by atoms with Crippen LogP contribution in [0.4, 0.5) is 0 Å². The number of allylic oxidation sites excluding steroid dienone is 1. The average molecular weight is 731 g/mol. The molecule has 0 bridgehead atoms. The Hall–Kier alpha value is -4.42. The molecule has 0 radical (unpaired) electrons. The second-order valence-corrected chi connectivity index (χ2v) is 17.1. The van der Waals surface area contributed by atoms with Gasteiger partial charge in [-0.2, -0.15) is 0 Å². The molecular formula is C40H50N4O7S. The Kier molecular flexibility index (Phi) is 10.7. The first-order chi connectivity index (χ1) is 24.7. The summed E-state index contributed by atoms with van der Waals surface area (Å²) in [7, 11) is 1.30. The largest absolute Gasteiger partial charge is 0.497 e. The first kappa shape index (κ1) is 37.3. The molecule has 2 aromatic carbocycles. The highest BCUT2D eigenvalue weighted by molar-refractivity contribution is 7.90. The molecule has 3 heterocycles. The second kappa shape index (κ2) is 14.9. The van der Waals surface area contributed by atoms with E-state index in [4.69, 9.17) is 9.47 Å². The number of sulfonamides is 1. The molecule has 6 rings (SSSR count). The minimum atomic E-state index is -3.87. The Morgan fingerprint density at radius 2 is 1.69 bits per heavy atom. The maximum absolute atomic E-state index is 14.8.